The lowest BCUT2D eigenvalue weighted by Gasteiger charge is -2.55. The molecule has 31 heavy (non-hydrogen) atoms. The normalized spacial score (nSPS) is 16.9. The summed E-state index contributed by atoms with van der Waals surface area (Å²) in [6.45, 7) is 24.5. The molecule has 0 radical (unpaired) electrons. The van der Waals surface area contributed by atoms with Crippen LogP contribution in [-0.4, -0.2) is 54.0 Å². The smallest absolute Gasteiger partial charge is 0.374 e. The van der Waals surface area contributed by atoms with E-state index in [1.807, 2.05) is 0 Å². The Morgan fingerprint density at radius 2 is 1.16 bits per heavy atom. The molecular weight excluding hydrogens is 418 g/mol. The predicted octanol–water partition coefficient (Wildman–Crippen LogP) is 7.63. The summed E-state index contributed by atoms with van der Waals surface area (Å²) in [5.41, 5.74) is 2.33. The number of nitrogens with zero attached hydrogens (tertiary/aromatic N) is 1. The maximum absolute atomic E-state index is 6.11. The minimum absolute atomic E-state index is 0.671. The van der Waals surface area contributed by atoms with Crippen LogP contribution in [0.25, 0.3) is 0 Å². The summed E-state index contributed by atoms with van der Waals surface area (Å²) in [5, 5.41) is 0. The van der Waals surface area contributed by atoms with Gasteiger partial charge in [0.15, 0.2) is 0 Å². The fraction of sp³-hybridized carbons (Fsp3) is 1.00. The van der Waals surface area contributed by atoms with Crippen molar-refractivity contribution < 1.29 is 13.3 Å². The van der Waals surface area contributed by atoms with E-state index in [4.69, 9.17) is 13.3 Å². The first-order chi connectivity index (χ1) is 14.7. The summed E-state index contributed by atoms with van der Waals surface area (Å²) in [6.07, 6.45) is 9.40. The minimum Gasteiger partial charge on any atom is -0.374 e. The molecule has 1 rings (SSSR count). The fourth-order valence-corrected chi connectivity index (χ4v) is 16.8. The Kier molecular flexibility index (Phi) is 13.7. The molecule has 1 aliphatic carbocycles. The van der Waals surface area contributed by atoms with E-state index >= 15 is 0 Å². The topological polar surface area (TPSA) is 30.9 Å². The lowest BCUT2D eigenvalue weighted by molar-refractivity contribution is 0.0704. The second kappa shape index (κ2) is 14.5. The van der Waals surface area contributed by atoms with E-state index in [-0.39, 0.29) is 0 Å². The highest BCUT2D eigenvalue weighted by molar-refractivity contribution is 6.81. The average molecular weight is 474 g/mol. The zero-order chi connectivity index (χ0) is 23.5. The SMILES string of the molecule is CCO[Si](CCCCN(C1CCCCC1)[Si](C(C)C)(C(C)C)C(C)C)(OCC)OCC. The molecule has 0 heterocycles. The molecule has 0 aromatic rings. The van der Waals surface area contributed by atoms with Crippen molar-refractivity contribution in [2.24, 2.45) is 0 Å². The monoisotopic (exact) mass is 473 g/mol. The summed E-state index contributed by atoms with van der Waals surface area (Å²) < 4.78 is 21.4. The van der Waals surface area contributed by atoms with Crippen LogP contribution in [0.15, 0.2) is 0 Å². The van der Waals surface area contributed by atoms with Gasteiger partial charge in [-0.05, 0) is 69.6 Å². The molecule has 186 valence electrons. The Morgan fingerprint density at radius 1 is 0.710 bits per heavy atom. The zero-order valence-corrected chi connectivity index (χ0v) is 24.5. The Bertz CT molecular complexity index is 429. The third-order valence-electron chi connectivity index (χ3n) is 7.51. The maximum Gasteiger partial charge on any atom is 0.500 e. The second-order valence-electron chi connectivity index (χ2n) is 10.3. The summed E-state index contributed by atoms with van der Waals surface area (Å²) in [7, 11) is -4.16. The highest BCUT2D eigenvalue weighted by Gasteiger charge is 2.50. The molecule has 0 spiro atoms. The van der Waals surface area contributed by atoms with Gasteiger partial charge in [0.05, 0.1) is 0 Å². The van der Waals surface area contributed by atoms with Crippen LogP contribution in [0.5, 0.6) is 0 Å². The van der Waals surface area contributed by atoms with Crippen molar-refractivity contribution in [1.29, 1.82) is 0 Å². The van der Waals surface area contributed by atoms with E-state index in [1.165, 1.54) is 45.1 Å². The quantitative estimate of drug-likeness (QED) is 0.170. The highest BCUT2D eigenvalue weighted by atomic mass is 28.4. The first-order valence-corrected chi connectivity index (χ1v) is 17.5. The second-order valence-corrected chi connectivity index (χ2v) is 18.8. The van der Waals surface area contributed by atoms with Gasteiger partial charge in [-0.3, -0.25) is 0 Å². The van der Waals surface area contributed by atoms with E-state index in [0.717, 1.165) is 35.1 Å². The molecule has 6 heteroatoms. The summed E-state index contributed by atoms with van der Waals surface area (Å²) in [4.78, 5) is 0. The van der Waals surface area contributed by atoms with E-state index in [0.29, 0.717) is 19.8 Å². The molecule has 0 amide bonds. The number of hydrogen-bond acceptors (Lipinski definition) is 4. The van der Waals surface area contributed by atoms with Crippen LogP contribution in [0.3, 0.4) is 0 Å². The number of rotatable bonds is 16. The van der Waals surface area contributed by atoms with Crippen molar-refractivity contribution in [3.8, 4) is 0 Å². The van der Waals surface area contributed by atoms with E-state index in [2.05, 4.69) is 66.9 Å². The first kappa shape index (κ1) is 29.3. The average Bonchev–Trinajstić information content (AvgIpc) is 2.70. The predicted molar refractivity (Wildman–Crippen MR) is 139 cm³/mol. The van der Waals surface area contributed by atoms with Crippen molar-refractivity contribution in [2.45, 2.75) is 136 Å². The molecule has 0 aliphatic heterocycles. The molecule has 1 saturated carbocycles. The third-order valence-corrected chi connectivity index (χ3v) is 17.8. The number of unbranched alkanes of at least 4 members (excludes halogenated alkanes) is 1. The van der Waals surface area contributed by atoms with Crippen LogP contribution >= 0.6 is 0 Å². The van der Waals surface area contributed by atoms with Gasteiger partial charge in [-0.15, -0.1) is 0 Å². The van der Waals surface area contributed by atoms with Gasteiger partial charge in [-0.1, -0.05) is 60.8 Å². The van der Waals surface area contributed by atoms with Gasteiger partial charge in [-0.25, -0.2) is 0 Å². The van der Waals surface area contributed by atoms with Gasteiger partial charge >= 0.3 is 8.80 Å². The van der Waals surface area contributed by atoms with Crippen molar-refractivity contribution in [3.05, 3.63) is 0 Å². The van der Waals surface area contributed by atoms with Crippen LogP contribution in [-0.2, 0) is 13.3 Å². The van der Waals surface area contributed by atoms with E-state index in [9.17, 15) is 0 Å². The van der Waals surface area contributed by atoms with Gasteiger partial charge in [-0.2, -0.15) is 0 Å². The van der Waals surface area contributed by atoms with Crippen LogP contribution in [0, 0.1) is 0 Å². The third kappa shape index (κ3) is 7.64. The molecule has 0 atom stereocenters. The molecule has 0 N–H and O–H groups in total. The Hall–Kier alpha value is 0.274. The molecule has 1 aliphatic rings. The van der Waals surface area contributed by atoms with Crippen LogP contribution in [0.2, 0.25) is 22.7 Å². The Morgan fingerprint density at radius 3 is 1.55 bits per heavy atom. The maximum atomic E-state index is 6.11. The van der Waals surface area contributed by atoms with Crippen LogP contribution in [0.1, 0.15) is 107 Å². The molecular formula is C25H55NO3Si2. The molecule has 0 bridgehead atoms. The number of hydrogen-bond donors (Lipinski definition) is 0. The largest absolute Gasteiger partial charge is 0.500 e. The molecule has 0 aromatic heterocycles. The van der Waals surface area contributed by atoms with Crippen molar-refractivity contribution in [2.75, 3.05) is 26.4 Å². The van der Waals surface area contributed by atoms with Crippen molar-refractivity contribution >= 4 is 17.0 Å². The molecule has 4 nitrogen and oxygen atoms in total. The summed E-state index contributed by atoms with van der Waals surface area (Å²) >= 11 is 0. The van der Waals surface area contributed by atoms with Gasteiger partial charge < -0.3 is 17.8 Å². The summed E-state index contributed by atoms with van der Waals surface area (Å²) in [6, 6.07) is 1.74. The van der Waals surface area contributed by atoms with Gasteiger partial charge in [0.25, 0.3) is 0 Å². The van der Waals surface area contributed by atoms with Crippen LogP contribution in [0.4, 0.5) is 0 Å². The van der Waals surface area contributed by atoms with Gasteiger partial charge in [0.1, 0.15) is 8.24 Å². The van der Waals surface area contributed by atoms with Crippen LogP contribution < -0.4 is 0 Å². The Labute approximate surface area is 197 Å². The summed E-state index contributed by atoms with van der Waals surface area (Å²) in [5.74, 6) is 0. The molecule has 0 unspecified atom stereocenters. The zero-order valence-electron chi connectivity index (χ0n) is 22.5. The van der Waals surface area contributed by atoms with E-state index < -0.39 is 17.0 Å². The van der Waals surface area contributed by atoms with Crippen molar-refractivity contribution in [1.82, 2.24) is 4.57 Å². The molecule has 0 aromatic carbocycles. The Balaban J connectivity index is 3.00. The molecule has 0 saturated heterocycles. The standard InChI is InChI=1S/C25H55NO3Si2/c1-10-27-30(28-11-2,29-12-3)21-17-16-20-26(25-18-14-13-15-19-25)31(22(4)5,23(6)7)24(8)9/h22-25H,10-21H2,1-9H3. The van der Waals surface area contributed by atoms with Crippen molar-refractivity contribution in [3.63, 3.8) is 0 Å². The fourth-order valence-electron chi connectivity index (χ4n) is 6.70. The minimum atomic E-state index is -2.53. The lowest BCUT2D eigenvalue weighted by atomic mass is 9.95. The lowest BCUT2D eigenvalue weighted by Crippen LogP contribution is -2.64. The highest BCUT2D eigenvalue weighted by Crippen LogP contribution is 2.46. The van der Waals surface area contributed by atoms with E-state index in [1.54, 1.807) is 0 Å². The molecule has 1 fully saturated rings. The van der Waals surface area contributed by atoms with Gasteiger partial charge in [0.2, 0.25) is 0 Å². The first-order valence-electron chi connectivity index (χ1n) is 13.4. The van der Waals surface area contributed by atoms with Gasteiger partial charge in [0, 0.05) is 31.9 Å².